The van der Waals surface area contributed by atoms with Gasteiger partial charge < -0.3 is 15.4 Å². The van der Waals surface area contributed by atoms with E-state index in [2.05, 4.69) is 10.6 Å². The number of rotatable bonds is 5. The predicted molar refractivity (Wildman–Crippen MR) is 83.3 cm³/mol. The Hall–Kier alpha value is -2.04. The number of methoxy groups -OCH3 is 1. The van der Waals surface area contributed by atoms with E-state index in [0.29, 0.717) is 0 Å². The third-order valence-corrected chi connectivity index (χ3v) is 3.81. The molecule has 2 amide bonds. The van der Waals surface area contributed by atoms with Crippen LogP contribution < -0.4 is 10.6 Å². The van der Waals surface area contributed by atoms with Crippen molar-refractivity contribution in [2.75, 3.05) is 12.4 Å². The fourth-order valence-corrected chi connectivity index (χ4v) is 1.98. The van der Waals surface area contributed by atoms with Crippen molar-refractivity contribution in [3.05, 3.63) is 29.3 Å². The van der Waals surface area contributed by atoms with Crippen LogP contribution in [0, 0.1) is 19.8 Å². The summed E-state index contributed by atoms with van der Waals surface area (Å²) >= 11 is 0. The molecule has 0 bridgehead atoms. The fourth-order valence-electron chi connectivity index (χ4n) is 1.98. The van der Waals surface area contributed by atoms with E-state index in [-0.39, 0.29) is 5.92 Å². The van der Waals surface area contributed by atoms with Gasteiger partial charge in [0.25, 0.3) is 0 Å². The van der Waals surface area contributed by atoms with Gasteiger partial charge in [-0.1, -0.05) is 32.4 Å². The van der Waals surface area contributed by atoms with E-state index in [0.717, 1.165) is 23.2 Å². The van der Waals surface area contributed by atoms with Crippen LogP contribution in [0.5, 0.6) is 0 Å². The summed E-state index contributed by atoms with van der Waals surface area (Å²) in [4.78, 5) is 23.9. The van der Waals surface area contributed by atoms with Gasteiger partial charge in [0.1, 0.15) is 6.04 Å². The molecule has 1 aromatic rings. The second-order valence-corrected chi connectivity index (χ2v) is 5.23. The van der Waals surface area contributed by atoms with Gasteiger partial charge in [-0.2, -0.15) is 0 Å². The molecule has 0 aliphatic carbocycles. The van der Waals surface area contributed by atoms with Gasteiger partial charge in [0.2, 0.25) is 0 Å². The molecule has 0 spiro atoms. The summed E-state index contributed by atoms with van der Waals surface area (Å²) in [5, 5.41) is 5.47. The van der Waals surface area contributed by atoms with Crippen molar-refractivity contribution in [1.29, 1.82) is 0 Å². The first-order chi connectivity index (χ1) is 9.90. The number of urea groups is 1. The van der Waals surface area contributed by atoms with Crippen LogP contribution in [-0.4, -0.2) is 25.2 Å². The maximum absolute atomic E-state index is 12.1. The van der Waals surface area contributed by atoms with Crippen LogP contribution in [-0.2, 0) is 9.53 Å². The number of nitrogens with one attached hydrogen (secondary N) is 2. The highest BCUT2D eigenvalue weighted by Gasteiger charge is 2.26. The zero-order valence-corrected chi connectivity index (χ0v) is 13.3. The Morgan fingerprint density at radius 2 is 1.95 bits per heavy atom. The zero-order chi connectivity index (χ0) is 16.0. The average Bonchev–Trinajstić information content (AvgIpc) is 2.48. The third kappa shape index (κ3) is 4.48. The van der Waals surface area contributed by atoms with Crippen LogP contribution in [0.25, 0.3) is 0 Å². The Kier molecular flexibility index (Phi) is 6.21. The number of aryl methyl sites for hydroxylation is 1. The van der Waals surface area contributed by atoms with Crippen LogP contribution >= 0.6 is 0 Å². The highest BCUT2D eigenvalue weighted by Crippen LogP contribution is 2.18. The number of carbonyl (C=O) groups excluding carboxylic acids is 2. The maximum atomic E-state index is 12.1. The molecular weight excluding hydrogens is 268 g/mol. The largest absolute Gasteiger partial charge is 0.467 e. The molecule has 2 N–H and O–H groups in total. The second-order valence-electron chi connectivity index (χ2n) is 5.23. The SMILES string of the molecule is CCC(C)C(NC(=O)Nc1cccc(C)c1C)C(=O)OC. The standard InChI is InChI=1S/C16H24N2O3/c1-6-10(2)14(15(19)21-5)18-16(20)17-13-9-7-8-11(3)12(13)4/h7-10,14H,6H2,1-5H3,(H2,17,18,20). The first kappa shape index (κ1) is 17.0. The number of ether oxygens (including phenoxy) is 1. The molecule has 0 fully saturated rings. The summed E-state index contributed by atoms with van der Waals surface area (Å²) in [5.41, 5.74) is 2.84. The van der Waals surface area contributed by atoms with E-state index < -0.39 is 18.0 Å². The molecular formula is C16H24N2O3. The van der Waals surface area contributed by atoms with E-state index in [9.17, 15) is 9.59 Å². The van der Waals surface area contributed by atoms with Gasteiger partial charge in [0.15, 0.2) is 0 Å². The summed E-state index contributed by atoms with van der Waals surface area (Å²) in [6.07, 6.45) is 0.767. The Morgan fingerprint density at radius 1 is 1.29 bits per heavy atom. The lowest BCUT2D eigenvalue weighted by Crippen LogP contribution is -2.47. The molecule has 1 rings (SSSR count). The van der Waals surface area contributed by atoms with Crippen molar-refractivity contribution < 1.29 is 14.3 Å². The van der Waals surface area contributed by atoms with Crippen LogP contribution in [0.1, 0.15) is 31.4 Å². The monoisotopic (exact) mass is 292 g/mol. The molecule has 0 aliphatic rings. The van der Waals surface area contributed by atoms with Crippen molar-refractivity contribution >= 4 is 17.7 Å². The highest BCUT2D eigenvalue weighted by atomic mass is 16.5. The topological polar surface area (TPSA) is 67.4 Å². The molecule has 0 saturated carbocycles. The summed E-state index contributed by atoms with van der Waals surface area (Å²) in [6, 6.07) is 4.64. The van der Waals surface area contributed by atoms with E-state index in [4.69, 9.17) is 4.74 Å². The molecule has 0 heterocycles. The van der Waals surface area contributed by atoms with Gasteiger partial charge in [-0.05, 0) is 37.0 Å². The predicted octanol–water partition coefficient (Wildman–Crippen LogP) is 3.01. The van der Waals surface area contributed by atoms with Crippen molar-refractivity contribution in [1.82, 2.24) is 5.32 Å². The van der Waals surface area contributed by atoms with Crippen LogP contribution in [0.4, 0.5) is 10.5 Å². The molecule has 2 unspecified atom stereocenters. The van der Waals surface area contributed by atoms with Gasteiger partial charge in [-0.3, -0.25) is 0 Å². The molecule has 0 aromatic heterocycles. The molecule has 0 radical (unpaired) electrons. The summed E-state index contributed by atoms with van der Waals surface area (Å²) in [6.45, 7) is 7.79. The minimum atomic E-state index is -0.648. The first-order valence-electron chi connectivity index (χ1n) is 7.12. The normalized spacial score (nSPS) is 13.2. The fraction of sp³-hybridized carbons (Fsp3) is 0.500. The first-order valence-corrected chi connectivity index (χ1v) is 7.12. The van der Waals surface area contributed by atoms with Crippen LogP contribution in [0.15, 0.2) is 18.2 Å². The summed E-state index contributed by atoms with van der Waals surface area (Å²) in [5.74, 6) is -0.428. The van der Waals surface area contributed by atoms with Gasteiger partial charge in [0, 0.05) is 5.69 Å². The lowest BCUT2D eigenvalue weighted by atomic mass is 9.99. The molecule has 0 saturated heterocycles. The Bertz CT molecular complexity index is 514. The van der Waals surface area contributed by atoms with Crippen molar-refractivity contribution in [3.8, 4) is 0 Å². The molecule has 0 aliphatic heterocycles. The molecule has 116 valence electrons. The minimum absolute atomic E-state index is 0.00167. The number of esters is 1. The summed E-state index contributed by atoms with van der Waals surface area (Å²) in [7, 11) is 1.32. The Morgan fingerprint density at radius 3 is 2.52 bits per heavy atom. The number of benzene rings is 1. The molecule has 2 atom stereocenters. The Balaban J connectivity index is 2.78. The van der Waals surface area contributed by atoms with E-state index >= 15 is 0 Å². The number of hydrogen-bond acceptors (Lipinski definition) is 3. The van der Waals surface area contributed by atoms with Gasteiger partial charge in [-0.25, -0.2) is 9.59 Å². The van der Waals surface area contributed by atoms with E-state index in [1.807, 2.05) is 45.9 Å². The lowest BCUT2D eigenvalue weighted by molar-refractivity contribution is -0.144. The van der Waals surface area contributed by atoms with Gasteiger partial charge in [0.05, 0.1) is 7.11 Å². The van der Waals surface area contributed by atoms with E-state index in [1.165, 1.54) is 7.11 Å². The molecule has 21 heavy (non-hydrogen) atoms. The number of carbonyl (C=O) groups is 2. The Labute approximate surface area is 126 Å². The number of hydrogen-bond donors (Lipinski definition) is 2. The smallest absolute Gasteiger partial charge is 0.328 e. The van der Waals surface area contributed by atoms with Crippen molar-refractivity contribution in [2.45, 2.75) is 40.2 Å². The second kappa shape index (κ2) is 7.67. The lowest BCUT2D eigenvalue weighted by Gasteiger charge is -2.22. The van der Waals surface area contributed by atoms with Crippen molar-refractivity contribution in [2.24, 2.45) is 5.92 Å². The van der Waals surface area contributed by atoms with Crippen molar-refractivity contribution in [3.63, 3.8) is 0 Å². The highest BCUT2D eigenvalue weighted by molar-refractivity contribution is 5.93. The van der Waals surface area contributed by atoms with E-state index in [1.54, 1.807) is 0 Å². The maximum Gasteiger partial charge on any atom is 0.328 e. The van der Waals surface area contributed by atoms with Crippen LogP contribution in [0.3, 0.4) is 0 Å². The zero-order valence-electron chi connectivity index (χ0n) is 13.3. The van der Waals surface area contributed by atoms with Gasteiger partial charge >= 0.3 is 12.0 Å². The van der Waals surface area contributed by atoms with Crippen LogP contribution in [0.2, 0.25) is 0 Å². The third-order valence-electron chi connectivity index (χ3n) is 3.81. The average molecular weight is 292 g/mol. The number of anilines is 1. The number of amides is 2. The quantitative estimate of drug-likeness (QED) is 0.820. The molecule has 5 heteroatoms. The molecule has 1 aromatic carbocycles. The van der Waals surface area contributed by atoms with Gasteiger partial charge in [-0.15, -0.1) is 0 Å². The minimum Gasteiger partial charge on any atom is -0.467 e. The summed E-state index contributed by atoms with van der Waals surface area (Å²) < 4.78 is 4.75. The molecule has 5 nitrogen and oxygen atoms in total.